The Morgan fingerprint density at radius 2 is 1.15 bits per heavy atom. The summed E-state index contributed by atoms with van der Waals surface area (Å²) in [6.07, 6.45) is 6.58. The van der Waals surface area contributed by atoms with Crippen LogP contribution in [-0.2, 0) is 6.42 Å². The van der Waals surface area contributed by atoms with E-state index in [-0.39, 0.29) is 0 Å². The Kier molecular flexibility index (Phi) is 7.13. The van der Waals surface area contributed by atoms with Crippen LogP contribution in [0.15, 0.2) is 162 Å². The van der Waals surface area contributed by atoms with Crippen molar-refractivity contribution in [2.75, 3.05) is 0 Å². The Balaban J connectivity index is 1.06. The van der Waals surface area contributed by atoms with Gasteiger partial charge >= 0.3 is 0 Å². The zero-order chi connectivity index (χ0) is 35.6. The molecule has 0 amide bonds. The number of fused-ring (bicyclic) bond motifs is 7. The Hall–Kier alpha value is -6.69. The number of aromatic nitrogens is 3. The first-order valence-electron chi connectivity index (χ1n) is 18.3. The molecule has 0 spiro atoms. The fourth-order valence-corrected chi connectivity index (χ4v) is 9.04. The standard InChI is InChI=1S/C49H31N3OS/c1-2-10-30(11-3-1)33-22-25-41-43(28-33)53-42-18-9-17-38(46(41)42)34-14-8-15-35(27-34)47-50-48(36-21-20-31-12-4-5-13-32(31)26-36)52-49(51-47)37-23-24-40-39-16-6-7-19-44(39)54-45(40)29-37/h1-3,5-11,13-29H,4,12H2. The summed E-state index contributed by atoms with van der Waals surface area (Å²) >= 11 is 1.80. The zero-order valence-electron chi connectivity index (χ0n) is 29.2. The van der Waals surface area contributed by atoms with E-state index in [2.05, 4.69) is 158 Å². The number of hydrogen-bond acceptors (Lipinski definition) is 5. The molecule has 1 aliphatic carbocycles. The first kappa shape index (κ1) is 30.9. The van der Waals surface area contributed by atoms with Gasteiger partial charge in [0.25, 0.3) is 0 Å². The number of thiophene rings is 1. The fourth-order valence-electron chi connectivity index (χ4n) is 7.90. The summed E-state index contributed by atoms with van der Waals surface area (Å²) in [5, 5.41) is 4.71. The Morgan fingerprint density at radius 1 is 0.463 bits per heavy atom. The molecule has 0 N–H and O–H groups in total. The highest BCUT2D eigenvalue weighted by Crippen LogP contribution is 2.40. The molecule has 4 nitrogen and oxygen atoms in total. The second kappa shape index (κ2) is 12.5. The molecule has 5 heteroatoms. The van der Waals surface area contributed by atoms with Gasteiger partial charge in [0.2, 0.25) is 0 Å². The third kappa shape index (κ3) is 5.24. The monoisotopic (exact) mass is 709 g/mol. The van der Waals surface area contributed by atoms with E-state index in [0.717, 1.165) is 68.2 Å². The van der Waals surface area contributed by atoms with Gasteiger partial charge in [-0.25, -0.2) is 15.0 Å². The van der Waals surface area contributed by atoms with Crippen molar-refractivity contribution >= 4 is 59.5 Å². The van der Waals surface area contributed by atoms with E-state index in [0.29, 0.717) is 17.5 Å². The van der Waals surface area contributed by atoms with Crippen LogP contribution in [0, 0.1) is 0 Å². The molecule has 7 aromatic carbocycles. The van der Waals surface area contributed by atoms with Crippen molar-refractivity contribution in [3.8, 4) is 56.4 Å². The number of furan rings is 1. The first-order valence-corrected chi connectivity index (χ1v) is 19.1. The predicted molar refractivity (Wildman–Crippen MR) is 225 cm³/mol. The molecule has 11 rings (SSSR count). The molecule has 0 aliphatic heterocycles. The summed E-state index contributed by atoms with van der Waals surface area (Å²) in [5.41, 5.74) is 11.7. The van der Waals surface area contributed by atoms with Crippen LogP contribution >= 0.6 is 11.3 Å². The lowest BCUT2D eigenvalue weighted by atomic mass is 9.95. The van der Waals surface area contributed by atoms with E-state index in [1.807, 2.05) is 6.07 Å². The summed E-state index contributed by atoms with van der Waals surface area (Å²) < 4.78 is 8.97. The van der Waals surface area contributed by atoms with Gasteiger partial charge in [-0.1, -0.05) is 121 Å². The third-order valence-electron chi connectivity index (χ3n) is 10.6. The molecule has 0 atom stereocenters. The van der Waals surface area contributed by atoms with Crippen molar-refractivity contribution in [1.82, 2.24) is 15.0 Å². The molecule has 0 saturated carbocycles. The molecular weight excluding hydrogens is 679 g/mol. The van der Waals surface area contributed by atoms with Crippen LogP contribution in [0.25, 0.3) is 105 Å². The summed E-state index contributed by atoms with van der Waals surface area (Å²) in [5.74, 6) is 1.96. The molecule has 3 aromatic heterocycles. The summed E-state index contributed by atoms with van der Waals surface area (Å²) in [6.45, 7) is 0. The van der Waals surface area contributed by atoms with Crippen molar-refractivity contribution in [1.29, 1.82) is 0 Å². The SMILES string of the molecule is C1=Cc2cc(-c3nc(-c4cccc(-c5cccc6oc7cc(-c8ccccc8)ccc7c56)c4)nc(-c4ccc5c(c4)sc4ccccc45)n3)ccc2CC1. The van der Waals surface area contributed by atoms with Crippen LogP contribution < -0.4 is 0 Å². The Morgan fingerprint density at radius 3 is 2.04 bits per heavy atom. The first-order chi connectivity index (χ1) is 26.7. The van der Waals surface area contributed by atoms with Gasteiger partial charge in [0.1, 0.15) is 11.2 Å². The average molecular weight is 710 g/mol. The summed E-state index contributed by atoms with van der Waals surface area (Å²) in [4.78, 5) is 15.5. The van der Waals surface area contributed by atoms with Crippen LogP contribution in [0.4, 0.5) is 0 Å². The zero-order valence-corrected chi connectivity index (χ0v) is 30.0. The van der Waals surface area contributed by atoms with Crippen LogP contribution in [0.1, 0.15) is 17.5 Å². The lowest BCUT2D eigenvalue weighted by Crippen LogP contribution is -2.01. The van der Waals surface area contributed by atoms with Gasteiger partial charge in [-0.15, -0.1) is 11.3 Å². The maximum Gasteiger partial charge on any atom is 0.164 e. The van der Waals surface area contributed by atoms with E-state index in [9.17, 15) is 0 Å². The lowest BCUT2D eigenvalue weighted by Gasteiger charge is -2.13. The van der Waals surface area contributed by atoms with E-state index < -0.39 is 0 Å². The van der Waals surface area contributed by atoms with Gasteiger partial charge < -0.3 is 4.42 Å². The lowest BCUT2D eigenvalue weighted by molar-refractivity contribution is 0.669. The molecule has 254 valence electrons. The molecule has 0 unspecified atom stereocenters. The molecule has 1 aliphatic rings. The Labute approximate surface area is 315 Å². The van der Waals surface area contributed by atoms with Crippen molar-refractivity contribution in [3.63, 3.8) is 0 Å². The van der Waals surface area contributed by atoms with Gasteiger partial charge in [-0.2, -0.15) is 0 Å². The predicted octanol–water partition coefficient (Wildman–Crippen LogP) is 13.4. The van der Waals surface area contributed by atoms with E-state index in [4.69, 9.17) is 19.4 Å². The third-order valence-corrected chi connectivity index (χ3v) is 11.7. The van der Waals surface area contributed by atoms with Crippen LogP contribution in [0.2, 0.25) is 0 Å². The summed E-state index contributed by atoms with van der Waals surface area (Å²) in [7, 11) is 0. The number of rotatable bonds is 5. The second-order valence-electron chi connectivity index (χ2n) is 13.9. The minimum absolute atomic E-state index is 0.637. The smallest absolute Gasteiger partial charge is 0.164 e. The number of aryl methyl sites for hydroxylation is 1. The fraction of sp³-hybridized carbons (Fsp3) is 0.0408. The van der Waals surface area contributed by atoms with Gasteiger partial charge in [-0.3, -0.25) is 0 Å². The second-order valence-corrected chi connectivity index (χ2v) is 15.0. The van der Waals surface area contributed by atoms with Crippen molar-refractivity contribution in [2.45, 2.75) is 12.8 Å². The largest absolute Gasteiger partial charge is 0.456 e. The van der Waals surface area contributed by atoms with Crippen LogP contribution in [-0.4, -0.2) is 15.0 Å². The highest BCUT2D eigenvalue weighted by Gasteiger charge is 2.18. The molecule has 3 heterocycles. The van der Waals surface area contributed by atoms with E-state index in [1.165, 1.54) is 36.9 Å². The molecule has 0 bridgehead atoms. The number of nitrogens with zero attached hydrogens (tertiary/aromatic N) is 3. The summed E-state index contributed by atoms with van der Waals surface area (Å²) in [6, 6.07) is 53.5. The normalized spacial score (nSPS) is 12.6. The van der Waals surface area contributed by atoms with Gasteiger partial charge in [-0.05, 0) is 88.7 Å². The molecule has 54 heavy (non-hydrogen) atoms. The highest BCUT2D eigenvalue weighted by atomic mass is 32.1. The van der Waals surface area contributed by atoms with E-state index >= 15 is 0 Å². The minimum atomic E-state index is 0.637. The van der Waals surface area contributed by atoms with Gasteiger partial charge in [0, 0.05) is 47.6 Å². The topological polar surface area (TPSA) is 51.8 Å². The van der Waals surface area contributed by atoms with Gasteiger partial charge in [0.15, 0.2) is 17.5 Å². The quantitative estimate of drug-likeness (QED) is 0.178. The molecule has 0 saturated heterocycles. The van der Waals surface area contributed by atoms with Crippen molar-refractivity contribution in [2.24, 2.45) is 0 Å². The highest BCUT2D eigenvalue weighted by molar-refractivity contribution is 7.25. The molecule has 0 radical (unpaired) electrons. The number of benzene rings is 7. The van der Waals surface area contributed by atoms with Gasteiger partial charge in [0.05, 0.1) is 0 Å². The Bertz CT molecular complexity index is 3120. The molecule has 10 aromatic rings. The van der Waals surface area contributed by atoms with E-state index in [1.54, 1.807) is 11.3 Å². The number of allylic oxidation sites excluding steroid dienone is 1. The maximum absolute atomic E-state index is 6.47. The minimum Gasteiger partial charge on any atom is -0.456 e. The molecule has 0 fully saturated rings. The average Bonchev–Trinajstić information content (AvgIpc) is 3.81. The van der Waals surface area contributed by atoms with Crippen molar-refractivity contribution in [3.05, 3.63) is 169 Å². The van der Waals surface area contributed by atoms with Crippen LogP contribution in [0.5, 0.6) is 0 Å². The van der Waals surface area contributed by atoms with Crippen LogP contribution in [0.3, 0.4) is 0 Å². The van der Waals surface area contributed by atoms with Crippen molar-refractivity contribution < 1.29 is 4.42 Å². The number of hydrogen-bond donors (Lipinski definition) is 0. The molecular formula is C49H31N3OS. The maximum atomic E-state index is 6.47.